The molecule has 0 spiro atoms. The average molecular weight is 399 g/mol. The van der Waals surface area contributed by atoms with E-state index < -0.39 is 0 Å². The van der Waals surface area contributed by atoms with Crippen molar-refractivity contribution in [2.75, 3.05) is 25.6 Å². The first-order chi connectivity index (χ1) is 13.4. The first kappa shape index (κ1) is 20.1. The van der Waals surface area contributed by atoms with E-state index in [4.69, 9.17) is 16.3 Å². The van der Waals surface area contributed by atoms with Crippen LogP contribution in [0.3, 0.4) is 0 Å². The highest BCUT2D eigenvalue weighted by atomic mass is 35.5. The second-order valence-electron chi connectivity index (χ2n) is 6.81. The van der Waals surface area contributed by atoms with Crippen LogP contribution >= 0.6 is 11.6 Å². The number of carbonyl (C=O) groups is 2. The Morgan fingerprint density at radius 2 is 1.75 bits per heavy atom. The zero-order valence-electron chi connectivity index (χ0n) is 16.2. The van der Waals surface area contributed by atoms with Gasteiger partial charge < -0.3 is 10.1 Å². The minimum Gasteiger partial charge on any atom is -0.385 e. The smallest absolute Gasteiger partial charge is 0.278 e. The topological polar surface area (TPSA) is 58.6 Å². The molecule has 0 aromatic heterocycles. The lowest BCUT2D eigenvalue weighted by Crippen LogP contribution is -2.34. The molecule has 0 bridgehead atoms. The quantitative estimate of drug-likeness (QED) is 0.561. The lowest BCUT2D eigenvalue weighted by molar-refractivity contribution is -0.136. The van der Waals surface area contributed by atoms with Crippen LogP contribution in [0.1, 0.15) is 23.1 Å². The van der Waals surface area contributed by atoms with Gasteiger partial charge in [0.1, 0.15) is 5.70 Å². The van der Waals surface area contributed by atoms with E-state index in [1.807, 2.05) is 44.2 Å². The van der Waals surface area contributed by atoms with E-state index in [-0.39, 0.29) is 17.5 Å². The third-order valence-electron chi connectivity index (χ3n) is 4.70. The van der Waals surface area contributed by atoms with Crippen LogP contribution in [0.15, 0.2) is 48.2 Å². The van der Waals surface area contributed by atoms with Crippen molar-refractivity contribution < 1.29 is 14.3 Å². The fourth-order valence-corrected chi connectivity index (χ4v) is 3.29. The molecule has 1 aliphatic heterocycles. The van der Waals surface area contributed by atoms with E-state index in [9.17, 15) is 9.59 Å². The molecular formula is C22H23ClN2O3. The number of imide groups is 1. The van der Waals surface area contributed by atoms with Crippen LogP contribution in [0, 0.1) is 13.8 Å². The van der Waals surface area contributed by atoms with Gasteiger partial charge in [-0.2, -0.15) is 0 Å². The van der Waals surface area contributed by atoms with Gasteiger partial charge in [0.25, 0.3) is 11.8 Å². The third-order valence-corrected chi connectivity index (χ3v) is 4.93. The molecule has 1 N–H and O–H groups in total. The summed E-state index contributed by atoms with van der Waals surface area (Å²) in [5, 5.41) is 3.72. The summed E-state index contributed by atoms with van der Waals surface area (Å²) in [5.74, 6) is -0.636. The molecule has 1 heterocycles. The average Bonchev–Trinajstić information content (AvgIpc) is 2.90. The third kappa shape index (κ3) is 4.11. The van der Waals surface area contributed by atoms with Gasteiger partial charge in [0, 0.05) is 31.0 Å². The predicted molar refractivity (Wildman–Crippen MR) is 111 cm³/mol. The molecule has 3 rings (SSSR count). The number of methoxy groups -OCH3 is 1. The van der Waals surface area contributed by atoms with Crippen molar-refractivity contribution in [1.29, 1.82) is 0 Å². The highest BCUT2D eigenvalue weighted by Crippen LogP contribution is 2.32. The van der Waals surface area contributed by atoms with Gasteiger partial charge in [0.15, 0.2) is 0 Å². The van der Waals surface area contributed by atoms with E-state index in [0.29, 0.717) is 41.4 Å². The summed E-state index contributed by atoms with van der Waals surface area (Å²) in [4.78, 5) is 27.4. The molecule has 6 heteroatoms. The van der Waals surface area contributed by atoms with E-state index in [1.165, 1.54) is 4.90 Å². The van der Waals surface area contributed by atoms with Gasteiger partial charge in [-0.3, -0.25) is 14.5 Å². The van der Waals surface area contributed by atoms with Gasteiger partial charge in [-0.05, 0) is 43.5 Å². The van der Waals surface area contributed by atoms with Gasteiger partial charge in [-0.1, -0.05) is 47.5 Å². The second kappa shape index (κ2) is 8.59. The van der Waals surface area contributed by atoms with E-state index >= 15 is 0 Å². The molecule has 2 aromatic carbocycles. The Morgan fingerprint density at radius 3 is 2.43 bits per heavy atom. The zero-order chi connectivity index (χ0) is 20.3. The van der Waals surface area contributed by atoms with Gasteiger partial charge in [0.2, 0.25) is 0 Å². The number of carbonyl (C=O) groups excluding carboxylic acids is 2. The lowest BCUT2D eigenvalue weighted by atomic mass is 10.0. The number of halogens is 1. The number of nitrogens with one attached hydrogen (secondary N) is 1. The summed E-state index contributed by atoms with van der Waals surface area (Å²) in [6, 6.07) is 13.0. The van der Waals surface area contributed by atoms with Crippen molar-refractivity contribution in [3.8, 4) is 0 Å². The Balaban J connectivity index is 2.02. The molecule has 0 radical (unpaired) electrons. The fourth-order valence-electron chi connectivity index (χ4n) is 3.11. The van der Waals surface area contributed by atoms with Gasteiger partial charge in [-0.15, -0.1) is 0 Å². The monoisotopic (exact) mass is 398 g/mol. The Labute approximate surface area is 169 Å². The van der Waals surface area contributed by atoms with Crippen molar-refractivity contribution in [2.45, 2.75) is 20.3 Å². The Morgan fingerprint density at radius 1 is 1.04 bits per heavy atom. The zero-order valence-corrected chi connectivity index (χ0v) is 17.0. The Kier molecular flexibility index (Phi) is 6.17. The number of aryl methyl sites for hydroxylation is 2. The summed E-state index contributed by atoms with van der Waals surface area (Å²) in [6.45, 7) is 4.68. The summed E-state index contributed by atoms with van der Waals surface area (Å²) < 4.78 is 5.06. The maximum Gasteiger partial charge on any atom is 0.278 e. The Hall–Kier alpha value is -2.63. The van der Waals surface area contributed by atoms with Crippen molar-refractivity contribution in [3.63, 3.8) is 0 Å². The van der Waals surface area contributed by atoms with Crippen LogP contribution in [-0.4, -0.2) is 37.0 Å². The van der Waals surface area contributed by atoms with Crippen molar-refractivity contribution in [1.82, 2.24) is 4.90 Å². The number of amides is 2. The van der Waals surface area contributed by atoms with Crippen molar-refractivity contribution in [2.24, 2.45) is 0 Å². The fraction of sp³-hybridized carbons (Fsp3) is 0.273. The summed E-state index contributed by atoms with van der Waals surface area (Å²) in [6.07, 6.45) is 0.582. The molecule has 0 saturated heterocycles. The van der Waals surface area contributed by atoms with Crippen LogP contribution < -0.4 is 5.32 Å². The molecule has 0 aliphatic carbocycles. The molecule has 0 unspecified atom stereocenters. The summed E-state index contributed by atoms with van der Waals surface area (Å²) in [7, 11) is 1.60. The Bertz CT molecular complexity index is 935. The maximum atomic E-state index is 13.1. The molecule has 146 valence electrons. The molecule has 0 atom stereocenters. The molecular weight excluding hydrogens is 376 g/mol. The maximum absolute atomic E-state index is 13.1. The molecule has 2 aromatic rings. The van der Waals surface area contributed by atoms with Gasteiger partial charge >= 0.3 is 0 Å². The standard InChI is InChI=1S/C22H23ClN2O3/c1-14-5-8-16(9-6-14)19-20(24-18-13-17(23)10-7-15(18)2)22(27)25(21(19)26)11-4-12-28-3/h5-10,13,24H,4,11-12H2,1-3H3. The van der Waals surface area contributed by atoms with E-state index in [2.05, 4.69) is 5.32 Å². The molecule has 0 fully saturated rings. The molecule has 0 saturated carbocycles. The van der Waals surface area contributed by atoms with Crippen LogP contribution in [0.5, 0.6) is 0 Å². The first-order valence-corrected chi connectivity index (χ1v) is 9.49. The van der Waals surface area contributed by atoms with Crippen LogP contribution in [0.2, 0.25) is 5.02 Å². The lowest BCUT2D eigenvalue weighted by Gasteiger charge is -2.15. The first-order valence-electron chi connectivity index (χ1n) is 9.12. The number of nitrogens with zero attached hydrogens (tertiary/aromatic N) is 1. The highest BCUT2D eigenvalue weighted by Gasteiger charge is 2.38. The minimum absolute atomic E-state index is 0.275. The predicted octanol–water partition coefficient (Wildman–Crippen LogP) is 4.19. The number of benzene rings is 2. The van der Waals surface area contributed by atoms with E-state index in [0.717, 1.165) is 11.1 Å². The molecule has 2 amide bonds. The number of rotatable bonds is 7. The minimum atomic E-state index is -0.337. The summed E-state index contributed by atoms with van der Waals surface area (Å²) >= 11 is 6.12. The van der Waals surface area contributed by atoms with Crippen LogP contribution in [-0.2, 0) is 14.3 Å². The number of hydrogen-bond donors (Lipinski definition) is 1. The van der Waals surface area contributed by atoms with E-state index in [1.54, 1.807) is 19.2 Å². The SMILES string of the molecule is COCCCN1C(=O)C(Nc2cc(Cl)ccc2C)=C(c2ccc(C)cc2)C1=O. The summed E-state index contributed by atoms with van der Waals surface area (Å²) in [5.41, 5.74) is 4.07. The second-order valence-corrected chi connectivity index (χ2v) is 7.25. The largest absolute Gasteiger partial charge is 0.385 e. The van der Waals surface area contributed by atoms with Crippen molar-refractivity contribution >= 4 is 34.7 Å². The number of anilines is 1. The van der Waals surface area contributed by atoms with Crippen molar-refractivity contribution in [3.05, 3.63) is 69.9 Å². The van der Waals surface area contributed by atoms with Gasteiger partial charge in [-0.25, -0.2) is 0 Å². The molecule has 5 nitrogen and oxygen atoms in total. The van der Waals surface area contributed by atoms with Crippen LogP contribution in [0.4, 0.5) is 5.69 Å². The highest BCUT2D eigenvalue weighted by molar-refractivity contribution is 6.36. The molecule has 1 aliphatic rings. The van der Waals surface area contributed by atoms with Crippen LogP contribution in [0.25, 0.3) is 5.57 Å². The molecule has 28 heavy (non-hydrogen) atoms. The number of ether oxygens (including phenoxy) is 1. The number of hydrogen-bond acceptors (Lipinski definition) is 4. The van der Waals surface area contributed by atoms with Gasteiger partial charge in [0.05, 0.1) is 5.57 Å². The normalized spacial score (nSPS) is 14.2.